The highest BCUT2D eigenvalue weighted by atomic mass is 16.3. The third-order valence-corrected chi connectivity index (χ3v) is 2.77. The molecule has 0 saturated carbocycles. The van der Waals surface area contributed by atoms with E-state index in [9.17, 15) is 4.79 Å². The van der Waals surface area contributed by atoms with E-state index >= 15 is 0 Å². The van der Waals surface area contributed by atoms with E-state index in [1.54, 1.807) is 0 Å². The van der Waals surface area contributed by atoms with Gasteiger partial charge in [-0.05, 0) is 25.8 Å². The number of furan rings is 1. The standard InChI is InChI=1S/C11H14O2/c1-7-6-8-4-5-11(2,3)10(12)9(8)13-7/h6H,4-5H2,1-3H3. The Hall–Kier alpha value is -1.05. The van der Waals surface area contributed by atoms with E-state index in [1.165, 1.54) is 0 Å². The second kappa shape index (κ2) is 2.47. The van der Waals surface area contributed by atoms with Gasteiger partial charge in [0.2, 0.25) is 5.78 Å². The number of ketones is 1. The molecule has 0 radical (unpaired) electrons. The zero-order valence-electron chi connectivity index (χ0n) is 8.31. The smallest absolute Gasteiger partial charge is 0.203 e. The van der Waals surface area contributed by atoms with Crippen LogP contribution in [0, 0.1) is 12.3 Å². The van der Waals surface area contributed by atoms with Gasteiger partial charge in [-0.3, -0.25) is 4.79 Å². The average Bonchev–Trinajstić information content (AvgIpc) is 2.40. The van der Waals surface area contributed by atoms with Crippen LogP contribution in [0.5, 0.6) is 0 Å². The second-order valence-electron chi connectivity index (χ2n) is 4.42. The van der Waals surface area contributed by atoms with Crippen LogP contribution >= 0.6 is 0 Å². The number of hydrogen-bond donors (Lipinski definition) is 0. The Bertz CT molecular complexity index is 358. The number of carbonyl (C=O) groups is 1. The van der Waals surface area contributed by atoms with Crippen molar-refractivity contribution in [3.05, 3.63) is 23.2 Å². The van der Waals surface area contributed by atoms with E-state index in [0.29, 0.717) is 5.76 Å². The van der Waals surface area contributed by atoms with Crippen LogP contribution < -0.4 is 0 Å². The molecule has 0 saturated heterocycles. The molecule has 1 aliphatic rings. The van der Waals surface area contributed by atoms with Crippen molar-refractivity contribution in [2.45, 2.75) is 33.6 Å². The molecule has 0 unspecified atom stereocenters. The Morgan fingerprint density at radius 2 is 2.15 bits per heavy atom. The molecule has 2 rings (SSSR count). The lowest BCUT2D eigenvalue weighted by Gasteiger charge is -2.26. The van der Waals surface area contributed by atoms with Gasteiger partial charge in [-0.2, -0.15) is 0 Å². The second-order valence-corrected chi connectivity index (χ2v) is 4.42. The number of Topliss-reactive ketones (excluding diaryl/α,β-unsaturated/α-hetero) is 1. The maximum Gasteiger partial charge on any atom is 0.203 e. The van der Waals surface area contributed by atoms with Crippen LogP contribution in [0.1, 0.15) is 42.1 Å². The van der Waals surface area contributed by atoms with Gasteiger partial charge in [-0.1, -0.05) is 13.8 Å². The molecule has 1 aromatic heterocycles. The monoisotopic (exact) mass is 178 g/mol. The molecule has 70 valence electrons. The Morgan fingerprint density at radius 1 is 1.46 bits per heavy atom. The highest BCUT2D eigenvalue weighted by Crippen LogP contribution is 2.35. The van der Waals surface area contributed by atoms with Crippen LogP contribution in [0.25, 0.3) is 0 Å². The zero-order chi connectivity index (χ0) is 9.64. The molecule has 13 heavy (non-hydrogen) atoms. The molecular weight excluding hydrogens is 164 g/mol. The van der Waals surface area contributed by atoms with Gasteiger partial charge in [0.05, 0.1) is 0 Å². The number of fused-ring (bicyclic) bond motifs is 1. The minimum atomic E-state index is -0.239. The van der Waals surface area contributed by atoms with Crippen molar-refractivity contribution in [2.75, 3.05) is 0 Å². The Balaban J connectivity index is 2.51. The minimum absolute atomic E-state index is 0.154. The van der Waals surface area contributed by atoms with Crippen LogP contribution in [0.4, 0.5) is 0 Å². The molecule has 0 amide bonds. The first-order valence-electron chi connectivity index (χ1n) is 4.65. The van der Waals surface area contributed by atoms with Gasteiger partial charge in [0.15, 0.2) is 5.76 Å². The lowest BCUT2D eigenvalue weighted by molar-refractivity contribution is 0.0776. The lowest BCUT2D eigenvalue weighted by atomic mass is 9.76. The summed E-state index contributed by atoms with van der Waals surface area (Å²) in [5.74, 6) is 1.59. The summed E-state index contributed by atoms with van der Waals surface area (Å²) in [6, 6.07) is 1.97. The fourth-order valence-corrected chi connectivity index (χ4v) is 1.81. The predicted octanol–water partition coefficient (Wildman–Crippen LogP) is 2.74. The summed E-state index contributed by atoms with van der Waals surface area (Å²) in [5, 5.41) is 0. The van der Waals surface area contributed by atoms with E-state index < -0.39 is 0 Å². The van der Waals surface area contributed by atoms with Gasteiger partial charge < -0.3 is 4.42 Å². The first-order chi connectivity index (χ1) is 6.00. The van der Waals surface area contributed by atoms with Gasteiger partial charge in [-0.15, -0.1) is 0 Å². The third-order valence-electron chi connectivity index (χ3n) is 2.77. The molecule has 0 bridgehead atoms. The van der Waals surface area contributed by atoms with Crippen molar-refractivity contribution in [1.82, 2.24) is 0 Å². The quantitative estimate of drug-likeness (QED) is 0.611. The summed E-state index contributed by atoms with van der Waals surface area (Å²) < 4.78 is 5.40. The molecule has 0 aromatic carbocycles. The van der Waals surface area contributed by atoms with Crippen molar-refractivity contribution in [2.24, 2.45) is 5.41 Å². The molecule has 0 spiro atoms. The van der Waals surface area contributed by atoms with Crippen molar-refractivity contribution < 1.29 is 9.21 Å². The van der Waals surface area contributed by atoms with Crippen LogP contribution in [-0.2, 0) is 6.42 Å². The lowest BCUT2D eigenvalue weighted by Crippen LogP contribution is -2.29. The van der Waals surface area contributed by atoms with Crippen molar-refractivity contribution >= 4 is 5.78 Å². The molecule has 0 aliphatic heterocycles. The highest BCUT2D eigenvalue weighted by Gasteiger charge is 2.36. The van der Waals surface area contributed by atoms with Crippen LogP contribution in [-0.4, -0.2) is 5.78 Å². The number of hydrogen-bond acceptors (Lipinski definition) is 2. The average molecular weight is 178 g/mol. The molecule has 0 N–H and O–H groups in total. The summed E-state index contributed by atoms with van der Waals surface area (Å²) in [5.41, 5.74) is 0.846. The van der Waals surface area contributed by atoms with E-state index in [-0.39, 0.29) is 11.2 Å². The topological polar surface area (TPSA) is 30.2 Å². The summed E-state index contributed by atoms with van der Waals surface area (Å²) in [6.07, 6.45) is 1.89. The third kappa shape index (κ3) is 1.21. The van der Waals surface area contributed by atoms with Crippen molar-refractivity contribution in [1.29, 1.82) is 0 Å². The van der Waals surface area contributed by atoms with Crippen molar-refractivity contribution in [3.8, 4) is 0 Å². The van der Waals surface area contributed by atoms with Crippen LogP contribution in [0.15, 0.2) is 10.5 Å². The number of aryl methyl sites for hydroxylation is 2. The SMILES string of the molecule is Cc1cc2c(o1)C(=O)C(C)(C)CC2. The zero-order valence-corrected chi connectivity index (χ0v) is 8.31. The summed E-state index contributed by atoms with van der Waals surface area (Å²) in [7, 11) is 0. The van der Waals surface area contributed by atoms with Gasteiger partial charge in [0.1, 0.15) is 5.76 Å². The summed E-state index contributed by atoms with van der Waals surface area (Å²) in [4.78, 5) is 11.9. The van der Waals surface area contributed by atoms with E-state index in [2.05, 4.69) is 0 Å². The normalized spacial score (nSPS) is 20.1. The summed E-state index contributed by atoms with van der Waals surface area (Å²) >= 11 is 0. The van der Waals surface area contributed by atoms with E-state index in [0.717, 1.165) is 24.2 Å². The molecule has 1 aliphatic carbocycles. The largest absolute Gasteiger partial charge is 0.458 e. The molecule has 2 heteroatoms. The predicted molar refractivity (Wildman–Crippen MR) is 49.9 cm³/mol. The molecule has 1 heterocycles. The fourth-order valence-electron chi connectivity index (χ4n) is 1.81. The number of rotatable bonds is 0. The first-order valence-corrected chi connectivity index (χ1v) is 4.65. The molecule has 2 nitrogen and oxygen atoms in total. The van der Waals surface area contributed by atoms with Gasteiger partial charge in [0.25, 0.3) is 0 Å². The highest BCUT2D eigenvalue weighted by molar-refractivity contribution is 6.00. The fraction of sp³-hybridized carbons (Fsp3) is 0.545. The Morgan fingerprint density at radius 3 is 2.85 bits per heavy atom. The molecular formula is C11H14O2. The van der Waals surface area contributed by atoms with E-state index in [1.807, 2.05) is 26.8 Å². The van der Waals surface area contributed by atoms with Gasteiger partial charge in [0, 0.05) is 11.0 Å². The van der Waals surface area contributed by atoms with Crippen LogP contribution in [0.2, 0.25) is 0 Å². The molecule has 0 atom stereocenters. The first kappa shape index (κ1) is 8.54. The van der Waals surface area contributed by atoms with Crippen LogP contribution in [0.3, 0.4) is 0 Å². The maximum atomic E-state index is 11.9. The van der Waals surface area contributed by atoms with Gasteiger partial charge in [-0.25, -0.2) is 0 Å². The minimum Gasteiger partial charge on any atom is -0.458 e. The maximum absolute atomic E-state index is 11.9. The Kier molecular flexibility index (Phi) is 1.62. The summed E-state index contributed by atoms with van der Waals surface area (Å²) in [6.45, 7) is 5.85. The van der Waals surface area contributed by atoms with E-state index in [4.69, 9.17) is 4.42 Å². The Labute approximate surface area is 77.9 Å². The molecule has 1 aromatic rings. The van der Waals surface area contributed by atoms with Crippen molar-refractivity contribution in [3.63, 3.8) is 0 Å². The van der Waals surface area contributed by atoms with Gasteiger partial charge >= 0.3 is 0 Å². The number of carbonyl (C=O) groups excluding carboxylic acids is 1. The molecule has 0 fully saturated rings.